The Bertz CT molecular complexity index is 219. The van der Waals surface area contributed by atoms with Crippen LogP contribution < -0.4 is 5.32 Å². The molecule has 0 radical (unpaired) electrons. The van der Waals surface area contributed by atoms with E-state index in [1.165, 1.54) is 18.6 Å². The predicted octanol–water partition coefficient (Wildman–Crippen LogP) is 2.52. The summed E-state index contributed by atoms with van der Waals surface area (Å²) in [5, 5.41) is 4.62. The summed E-state index contributed by atoms with van der Waals surface area (Å²) >= 11 is 1.86. The van der Waals surface area contributed by atoms with Crippen molar-refractivity contribution in [2.75, 3.05) is 26.0 Å². The van der Waals surface area contributed by atoms with Gasteiger partial charge in [-0.25, -0.2) is 0 Å². The lowest BCUT2D eigenvalue weighted by Crippen LogP contribution is -2.31. The van der Waals surface area contributed by atoms with Crippen LogP contribution in [-0.4, -0.2) is 37.2 Å². The van der Waals surface area contributed by atoms with Gasteiger partial charge in [0.2, 0.25) is 0 Å². The summed E-state index contributed by atoms with van der Waals surface area (Å²) in [5.41, 5.74) is 0. The van der Waals surface area contributed by atoms with Crippen molar-refractivity contribution < 1.29 is 4.74 Å². The van der Waals surface area contributed by atoms with E-state index in [1.54, 1.807) is 7.11 Å². The van der Waals surface area contributed by atoms with E-state index in [9.17, 15) is 0 Å². The van der Waals surface area contributed by atoms with Crippen LogP contribution in [0.5, 0.6) is 0 Å². The second-order valence-corrected chi connectivity index (χ2v) is 5.55. The maximum atomic E-state index is 5.01. The molecule has 0 amide bonds. The van der Waals surface area contributed by atoms with Crippen LogP contribution in [0.4, 0.5) is 0 Å². The van der Waals surface area contributed by atoms with E-state index in [1.807, 2.05) is 11.8 Å². The zero-order valence-corrected chi connectivity index (χ0v) is 11.5. The standard InChI is InChI=1S/C12H24N2OS/c1-10(2)11-9-16-12(14-11)13-7-5-4-6-8-15-3/h10-11H,4-9H2,1-3H3,(H,13,14). The highest BCUT2D eigenvalue weighted by Gasteiger charge is 2.22. The second-order valence-electron chi connectivity index (χ2n) is 4.55. The van der Waals surface area contributed by atoms with Gasteiger partial charge >= 0.3 is 0 Å². The third-order valence-electron chi connectivity index (χ3n) is 2.78. The first-order valence-corrected chi connectivity index (χ1v) is 7.15. The summed E-state index contributed by atoms with van der Waals surface area (Å²) in [6, 6.07) is 0.609. The average Bonchev–Trinajstić information content (AvgIpc) is 2.72. The molecule has 1 heterocycles. The number of amidine groups is 1. The van der Waals surface area contributed by atoms with Gasteiger partial charge in [-0.15, -0.1) is 0 Å². The molecule has 3 nitrogen and oxygen atoms in total. The molecule has 0 spiro atoms. The number of rotatable bonds is 7. The average molecular weight is 244 g/mol. The summed E-state index contributed by atoms with van der Waals surface area (Å²) in [5.74, 6) is 1.86. The van der Waals surface area contributed by atoms with Crippen molar-refractivity contribution in [3.63, 3.8) is 0 Å². The number of methoxy groups -OCH3 is 1. The zero-order valence-electron chi connectivity index (χ0n) is 10.7. The highest BCUT2D eigenvalue weighted by Crippen LogP contribution is 2.18. The third kappa shape index (κ3) is 5.21. The minimum Gasteiger partial charge on any atom is -0.385 e. The van der Waals surface area contributed by atoms with Gasteiger partial charge in [0.1, 0.15) is 0 Å². The third-order valence-corrected chi connectivity index (χ3v) is 3.82. The van der Waals surface area contributed by atoms with Gasteiger partial charge in [0, 0.05) is 32.1 Å². The summed E-state index contributed by atoms with van der Waals surface area (Å²) in [7, 11) is 1.76. The molecule has 1 atom stereocenters. The molecule has 0 aromatic heterocycles. The quantitative estimate of drug-likeness (QED) is 0.699. The first-order chi connectivity index (χ1) is 7.74. The van der Waals surface area contributed by atoms with E-state index in [2.05, 4.69) is 24.2 Å². The molecule has 16 heavy (non-hydrogen) atoms. The molecule has 0 aromatic carbocycles. The molecule has 1 unspecified atom stereocenters. The minimum absolute atomic E-state index is 0.609. The molecule has 0 saturated carbocycles. The molecule has 1 fully saturated rings. The molecule has 0 aliphatic carbocycles. The van der Waals surface area contributed by atoms with E-state index in [4.69, 9.17) is 4.74 Å². The number of hydrogen-bond donors (Lipinski definition) is 1. The first kappa shape index (κ1) is 13.8. The highest BCUT2D eigenvalue weighted by atomic mass is 32.2. The molecule has 0 aromatic rings. The van der Waals surface area contributed by atoms with Gasteiger partial charge in [-0.2, -0.15) is 0 Å². The van der Waals surface area contributed by atoms with Crippen molar-refractivity contribution in [1.29, 1.82) is 0 Å². The van der Waals surface area contributed by atoms with Crippen LogP contribution in [0, 0.1) is 5.92 Å². The number of nitrogens with one attached hydrogen (secondary N) is 1. The number of nitrogens with zero attached hydrogens (tertiary/aromatic N) is 1. The highest BCUT2D eigenvalue weighted by molar-refractivity contribution is 8.14. The van der Waals surface area contributed by atoms with E-state index in [0.29, 0.717) is 12.0 Å². The Morgan fingerprint density at radius 1 is 1.44 bits per heavy atom. The number of ether oxygens (including phenoxy) is 1. The van der Waals surface area contributed by atoms with Crippen molar-refractivity contribution in [3.05, 3.63) is 0 Å². The van der Waals surface area contributed by atoms with Crippen LogP contribution in [0.3, 0.4) is 0 Å². The molecule has 94 valence electrons. The predicted molar refractivity (Wildman–Crippen MR) is 72.2 cm³/mol. The van der Waals surface area contributed by atoms with Crippen molar-refractivity contribution in [2.24, 2.45) is 10.9 Å². The fraction of sp³-hybridized carbons (Fsp3) is 0.917. The Balaban J connectivity index is 2.07. The van der Waals surface area contributed by atoms with E-state index in [0.717, 1.165) is 24.7 Å². The van der Waals surface area contributed by atoms with Crippen LogP contribution in [0.25, 0.3) is 0 Å². The van der Waals surface area contributed by atoms with E-state index in [-0.39, 0.29) is 0 Å². The van der Waals surface area contributed by atoms with Gasteiger partial charge in [0.15, 0.2) is 5.17 Å². The van der Waals surface area contributed by atoms with Gasteiger partial charge in [0.05, 0.1) is 0 Å². The molecule has 0 bridgehead atoms. The Morgan fingerprint density at radius 3 is 2.88 bits per heavy atom. The van der Waals surface area contributed by atoms with E-state index < -0.39 is 0 Å². The zero-order chi connectivity index (χ0) is 11.8. The van der Waals surface area contributed by atoms with Gasteiger partial charge in [-0.3, -0.25) is 4.99 Å². The molecular weight excluding hydrogens is 220 g/mol. The largest absolute Gasteiger partial charge is 0.385 e. The van der Waals surface area contributed by atoms with Crippen LogP contribution >= 0.6 is 11.8 Å². The molecule has 1 aliphatic heterocycles. The molecular formula is C12H24N2OS. The SMILES string of the molecule is COCCCCCN=C1NC(C(C)C)CS1. The Kier molecular flexibility index (Phi) is 6.88. The normalized spacial score (nSPS) is 23.0. The number of unbranched alkanes of at least 4 members (excludes halogenated alkanes) is 2. The van der Waals surface area contributed by atoms with Gasteiger partial charge in [-0.1, -0.05) is 25.6 Å². The number of hydrogen-bond acceptors (Lipinski definition) is 3. The molecule has 1 aliphatic rings. The van der Waals surface area contributed by atoms with Gasteiger partial charge in [0.25, 0.3) is 0 Å². The Morgan fingerprint density at radius 2 is 2.25 bits per heavy atom. The van der Waals surface area contributed by atoms with Crippen LogP contribution in [0.1, 0.15) is 33.1 Å². The molecule has 1 N–H and O–H groups in total. The topological polar surface area (TPSA) is 33.6 Å². The summed E-state index contributed by atoms with van der Waals surface area (Å²) in [6.07, 6.45) is 3.53. The van der Waals surface area contributed by atoms with Crippen LogP contribution in [-0.2, 0) is 4.74 Å². The smallest absolute Gasteiger partial charge is 0.156 e. The monoisotopic (exact) mass is 244 g/mol. The van der Waals surface area contributed by atoms with E-state index >= 15 is 0 Å². The van der Waals surface area contributed by atoms with Crippen molar-refractivity contribution >= 4 is 16.9 Å². The van der Waals surface area contributed by atoms with Gasteiger partial charge in [-0.05, 0) is 25.2 Å². The van der Waals surface area contributed by atoms with Crippen molar-refractivity contribution in [3.8, 4) is 0 Å². The second kappa shape index (κ2) is 7.96. The lowest BCUT2D eigenvalue weighted by Gasteiger charge is -2.13. The lowest BCUT2D eigenvalue weighted by atomic mass is 10.1. The summed E-state index contributed by atoms with van der Waals surface area (Å²) < 4.78 is 5.01. The maximum absolute atomic E-state index is 5.01. The summed E-state index contributed by atoms with van der Waals surface area (Å²) in [6.45, 7) is 6.33. The van der Waals surface area contributed by atoms with Crippen molar-refractivity contribution in [2.45, 2.75) is 39.2 Å². The minimum atomic E-state index is 0.609. The van der Waals surface area contributed by atoms with Crippen LogP contribution in [0.15, 0.2) is 4.99 Å². The molecule has 1 rings (SSSR count). The number of thioether (sulfide) groups is 1. The lowest BCUT2D eigenvalue weighted by molar-refractivity contribution is 0.192. The van der Waals surface area contributed by atoms with Gasteiger partial charge < -0.3 is 10.1 Å². The Labute approximate surface area is 103 Å². The fourth-order valence-electron chi connectivity index (χ4n) is 1.58. The van der Waals surface area contributed by atoms with Crippen molar-refractivity contribution in [1.82, 2.24) is 5.32 Å². The molecule has 1 saturated heterocycles. The fourth-order valence-corrected chi connectivity index (χ4v) is 2.80. The maximum Gasteiger partial charge on any atom is 0.156 e. The number of aliphatic imine (C=N–C) groups is 1. The van der Waals surface area contributed by atoms with Crippen LogP contribution in [0.2, 0.25) is 0 Å². The Hall–Kier alpha value is -0.220. The first-order valence-electron chi connectivity index (χ1n) is 6.16. The summed E-state index contributed by atoms with van der Waals surface area (Å²) in [4.78, 5) is 4.58. The molecule has 4 heteroatoms.